The molecule has 1 aliphatic rings. The number of Topliss-reactive ketones (excluding diaryl/α,β-unsaturated/α-hetero) is 1. The Hall–Kier alpha value is -1.35. The summed E-state index contributed by atoms with van der Waals surface area (Å²) in [6.07, 6.45) is 1.83. The van der Waals surface area contributed by atoms with Gasteiger partial charge in [-0.15, -0.1) is 0 Å². The summed E-state index contributed by atoms with van der Waals surface area (Å²) in [6.45, 7) is 0.447. The number of benzene rings is 1. The van der Waals surface area contributed by atoms with Crippen LogP contribution in [0.5, 0.6) is 5.75 Å². The maximum Gasteiger partial charge on any atom is 0.170 e. The zero-order chi connectivity index (χ0) is 10.9. The third-order valence-corrected chi connectivity index (χ3v) is 3.06. The number of carbonyl (C=O) groups excluding carboxylic acids is 1. The minimum Gasteiger partial charge on any atom is -0.497 e. The van der Waals surface area contributed by atoms with E-state index in [1.54, 1.807) is 13.2 Å². The van der Waals surface area contributed by atoms with E-state index < -0.39 is 0 Å². The van der Waals surface area contributed by atoms with Crippen molar-refractivity contribution in [3.8, 4) is 5.75 Å². The van der Waals surface area contributed by atoms with Gasteiger partial charge in [-0.1, -0.05) is 12.1 Å². The zero-order valence-electron chi connectivity index (χ0n) is 8.82. The van der Waals surface area contributed by atoms with Gasteiger partial charge in [-0.05, 0) is 25.0 Å². The molecule has 1 saturated carbocycles. The maximum absolute atomic E-state index is 12.1. The average Bonchev–Trinajstić information content (AvgIpc) is 3.09. The minimum atomic E-state index is -0.271. The SMILES string of the molecule is COc1cccc(C(=O)C2(CN)CC2)c1. The Labute approximate surface area is 89.2 Å². The van der Waals surface area contributed by atoms with E-state index in [9.17, 15) is 4.79 Å². The molecule has 3 nitrogen and oxygen atoms in total. The molecule has 0 amide bonds. The standard InChI is InChI=1S/C12H15NO2/c1-15-10-4-2-3-9(7-10)11(14)12(8-13)5-6-12/h2-4,7H,5-6,8,13H2,1H3. The van der Waals surface area contributed by atoms with Gasteiger partial charge in [0, 0.05) is 17.5 Å². The number of nitrogens with two attached hydrogens (primary N) is 1. The molecule has 80 valence electrons. The van der Waals surface area contributed by atoms with Gasteiger partial charge in [-0.2, -0.15) is 0 Å². The number of carbonyl (C=O) groups is 1. The molecule has 0 unspecified atom stereocenters. The molecule has 1 aromatic carbocycles. The highest BCUT2D eigenvalue weighted by Gasteiger charge is 2.48. The molecular weight excluding hydrogens is 190 g/mol. The van der Waals surface area contributed by atoms with E-state index in [0.29, 0.717) is 17.9 Å². The predicted molar refractivity (Wildman–Crippen MR) is 58.0 cm³/mol. The number of hydrogen-bond acceptors (Lipinski definition) is 3. The first kappa shape index (κ1) is 10.2. The lowest BCUT2D eigenvalue weighted by atomic mass is 9.95. The lowest BCUT2D eigenvalue weighted by Gasteiger charge is -2.11. The second kappa shape index (κ2) is 3.66. The maximum atomic E-state index is 12.1. The van der Waals surface area contributed by atoms with E-state index in [1.165, 1.54) is 0 Å². The molecular formula is C12H15NO2. The molecule has 1 aromatic rings. The lowest BCUT2D eigenvalue weighted by Crippen LogP contribution is -2.25. The van der Waals surface area contributed by atoms with Crippen LogP contribution in [0, 0.1) is 5.41 Å². The van der Waals surface area contributed by atoms with Crippen molar-refractivity contribution in [2.75, 3.05) is 13.7 Å². The third kappa shape index (κ3) is 1.75. The van der Waals surface area contributed by atoms with Gasteiger partial charge >= 0.3 is 0 Å². The van der Waals surface area contributed by atoms with Crippen molar-refractivity contribution in [3.63, 3.8) is 0 Å². The van der Waals surface area contributed by atoms with Gasteiger partial charge in [0.1, 0.15) is 5.75 Å². The quantitative estimate of drug-likeness (QED) is 0.760. The smallest absolute Gasteiger partial charge is 0.170 e. The predicted octanol–water partition coefficient (Wildman–Crippen LogP) is 1.62. The summed E-state index contributed by atoms with van der Waals surface area (Å²) in [5.41, 5.74) is 6.06. The summed E-state index contributed by atoms with van der Waals surface area (Å²) in [5, 5.41) is 0. The van der Waals surface area contributed by atoms with Crippen LogP contribution in [-0.4, -0.2) is 19.4 Å². The molecule has 2 N–H and O–H groups in total. The highest BCUT2D eigenvalue weighted by molar-refractivity contribution is 6.02. The van der Waals surface area contributed by atoms with Crippen molar-refractivity contribution in [2.45, 2.75) is 12.8 Å². The molecule has 1 fully saturated rings. The molecule has 0 bridgehead atoms. The molecule has 0 radical (unpaired) electrons. The van der Waals surface area contributed by atoms with Crippen LogP contribution < -0.4 is 10.5 Å². The molecule has 0 aliphatic heterocycles. The summed E-state index contributed by atoms with van der Waals surface area (Å²) < 4.78 is 5.09. The monoisotopic (exact) mass is 205 g/mol. The summed E-state index contributed by atoms with van der Waals surface area (Å²) in [6, 6.07) is 7.26. The topological polar surface area (TPSA) is 52.3 Å². The summed E-state index contributed by atoms with van der Waals surface area (Å²) in [7, 11) is 1.60. The first-order chi connectivity index (χ1) is 7.22. The van der Waals surface area contributed by atoms with Crippen molar-refractivity contribution in [1.82, 2.24) is 0 Å². The van der Waals surface area contributed by atoms with Gasteiger partial charge in [0.2, 0.25) is 0 Å². The van der Waals surface area contributed by atoms with Gasteiger partial charge in [0.25, 0.3) is 0 Å². The van der Waals surface area contributed by atoms with Crippen LogP contribution in [0.2, 0.25) is 0 Å². The Bertz CT molecular complexity index is 383. The van der Waals surface area contributed by atoms with Crippen molar-refractivity contribution in [1.29, 1.82) is 0 Å². The molecule has 15 heavy (non-hydrogen) atoms. The van der Waals surface area contributed by atoms with Crippen molar-refractivity contribution in [2.24, 2.45) is 11.1 Å². The molecule has 0 atom stereocenters. The highest BCUT2D eigenvalue weighted by Crippen LogP contribution is 2.47. The fraction of sp³-hybridized carbons (Fsp3) is 0.417. The number of ketones is 1. The van der Waals surface area contributed by atoms with E-state index in [4.69, 9.17) is 10.5 Å². The van der Waals surface area contributed by atoms with Crippen LogP contribution in [0.25, 0.3) is 0 Å². The van der Waals surface area contributed by atoms with E-state index >= 15 is 0 Å². The highest BCUT2D eigenvalue weighted by atomic mass is 16.5. The molecule has 0 saturated heterocycles. The first-order valence-corrected chi connectivity index (χ1v) is 5.11. The van der Waals surface area contributed by atoms with Crippen LogP contribution in [0.15, 0.2) is 24.3 Å². The number of ether oxygens (including phenoxy) is 1. The van der Waals surface area contributed by atoms with Crippen LogP contribution in [0.4, 0.5) is 0 Å². The van der Waals surface area contributed by atoms with Crippen molar-refractivity contribution < 1.29 is 9.53 Å². The fourth-order valence-electron chi connectivity index (χ4n) is 1.75. The van der Waals surface area contributed by atoms with Gasteiger partial charge < -0.3 is 10.5 Å². The normalized spacial score (nSPS) is 17.2. The van der Waals surface area contributed by atoms with Crippen LogP contribution in [-0.2, 0) is 0 Å². The Morgan fingerprint density at radius 1 is 1.53 bits per heavy atom. The van der Waals surface area contributed by atoms with E-state index in [1.807, 2.05) is 18.2 Å². The summed E-state index contributed by atoms with van der Waals surface area (Å²) in [4.78, 5) is 12.1. The van der Waals surface area contributed by atoms with Crippen LogP contribution in [0.1, 0.15) is 23.2 Å². The number of methoxy groups -OCH3 is 1. The Morgan fingerprint density at radius 2 is 2.27 bits per heavy atom. The Kier molecular flexibility index (Phi) is 2.49. The Balaban J connectivity index is 2.26. The number of rotatable bonds is 4. The molecule has 3 heteroatoms. The largest absolute Gasteiger partial charge is 0.497 e. The number of hydrogen-bond donors (Lipinski definition) is 1. The van der Waals surface area contributed by atoms with E-state index in [-0.39, 0.29) is 11.2 Å². The second-order valence-electron chi connectivity index (χ2n) is 4.05. The zero-order valence-corrected chi connectivity index (χ0v) is 8.82. The summed E-state index contributed by atoms with van der Waals surface area (Å²) in [5.74, 6) is 0.873. The van der Waals surface area contributed by atoms with Crippen LogP contribution >= 0.6 is 0 Å². The molecule has 0 spiro atoms. The molecule has 0 heterocycles. The molecule has 0 aromatic heterocycles. The van der Waals surface area contributed by atoms with E-state index in [0.717, 1.165) is 12.8 Å². The lowest BCUT2D eigenvalue weighted by molar-refractivity contribution is 0.0905. The van der Waals surface area contributed by atoms with Crippen molar-refractivity contribution >= 4 is 5.78 Å². The van der Waals surface area contributed by atoms with Gasteiger partial charge in [0.05, 0.1) is 7.11 Å². The fourth-order valence-corrected chi connectivity index (χ4v) is 1.75. The minimum absolute atomic E-state index is 0.156. The first-order valence-electron chi connectivity index (χ1n) is 5.11. The van der Waals surface area contributed by atoms with Gasteiger partial charge in [-0.3, -0.25) is 4.79 Å². The molecule has 1 aliphatic carbocycles. The molecule has 2 rings (SSSR count). The third-order valence-electron chi connectivity index (χ3n) is 3.06. The van der Waals surface area contributed by atoms with E-state index in [2.05, 4.69) is 0 Å². The second-order valence-corrected chi connectivity index (χ2v) is 4.05. The van der Waals surface area contributed by atoms with Gasteiger partial charge in [-0.25, -0.2) is 0 Å². The average molecular weight is 205 g/mol. The summed E-state index contributed by atoms with van der Waals surface area (Å²) >= 11 is 0. The van der Waals surface area contributed by atoms with Crippen molar-refractivity contribution in [3.05, 3.63) is 29.8 Å². The Morgan fingerprint density at radius 3 is 2.80 bits per heavy atom. The van der Waals surface area contributed by atoms with Crippen LogP contribution in [0.3, 0.4) is 0 Å². The van der Waals surface area contributed by atoms with Gasteiger partial charge in [0.15, 0.2) is 5.78 Å².